The van der Waals surface area contributed by atoms with Gasteiger partial charge < -0.3 is 5.73 Å². The number of aromatic nitrogens is 3. The minimum Gasteiger partial charge on any atom is -0.396 e. The van der Waals surface area contributed by atoms with Crippen LogP contribution < -0.4 is 5.73 Å². The molecule has 0 saturated carbocycles. The standard InChI is InChI=1S/C8H8N4/c9-7-5-11-12(6-7)8-3-1-2-4-10-8/h1-6H,9H2. The predicted molar refractivity (Wildman–Crippen MR) is 45.8 cm³/mol. The highest BCUT2D eigenvalue weighted by Crippen LogP contribution is 2.04. The minimum absolute atomic E-state index is 0.639. The van der Waals surface area contributed by atoms with Crippen molar-refractivity contribution in [1.82, 2.24) is 14.8 Å². The maximum atomic E-state index is 5.50. The molecule has 2 N–H and O–H groups in total. The molecule has 0 fully saturated rings. The van der Waals surface area contributed by atoms with Gasteiger partial charge in [-0.2, -0.15) is 5.10 Å². The topological polar surface area (TPSA) is 56.7 Å². The highest BCUT2D eigenvalue weighted by Gasteiger charge is 1.96. The van der Waals surface area contributed by atoms with Crippen molar-refractivity contribution in [3.05, 3.63) is 36.8 Å². The molecule has 0 aromatic carbocycles. The van der Waals surface area contributed by atoms with Gasteiger partial charge >= 0.3 is 0 Å². The molecular weight excluding hydrogens is 152 g/mol. The van der Waals surface area contributed by atoms with E-state index in [9.17, 15) is 0 Å². The van der Waals surface area contributed by atoms with Crippen molar-refractivity contribution in [1.29, 1.82) is 0 Å². The molecule has 0 aliphatic rings. The number of nitrogens with zero attached hydrogens (tertiary/aromatic N) is 3. The second-order valence-corrected chi connectivity index (χ2v) is 2.41. The molecule has 2 heterocycles. The van der Waals surface area contributed by atoms with Gasteiger partial charge in [0.1, 0.15) is 0 Å². The maximum Gasteiger partial charge on any atom is 0.153 e. The molecular formula is C8H8N4. The molecule has 0 bridgehead atoms. The van der Waals surface area contributed by atoms with E-state index in [1.54, 1.807) is 23.3 Å². The van der Waals surface area contributed by atoms with Crippen LogP contribution in [0.5, 0.6) is 0 Å². The van der Waals surface area contributed by atoms with Gasteiger partial charge in [0.25, 0.3) is 0 Å². The summed E-state index contributed by atoms with van der Waals surface area (Å²) < 4.78 is 1.63. The summed E-state index contributed by atoms with van der Waals surface area (Å²) in [5, 5.41) is 4.02. The number of nitrogen functional groups attached to an aromatic ring is 1. The van der Waals surface area contributed by atoms with E-state index in [2.05, 4.69) is 10.1 Å². The number of pyridine rings is 1. The zero-order valence-corrected chi connectivity index (χ0v) is 6.38. The van der Waals surface area contributed by atoms with E-state index in [0.717, 1.165) is 5.82 Å². The molecule has 0 spiro atoms. The van der Waals surface area contributed by atoms with Crippen molar-refractivity contribution in [3.8, 4) is 5.82 Å². The first-order valence-corrected chi connectivity index (χ1v) is 3.58. The fourth-order valence-electron chi connectivity index (χ4n) is 0.951. The quantitative estimate of drug-likeness (QED) is 0.672. The third-order valence-electron chi connectivity index (χ3n) is 1.49. The highest BCUT2D eigenvalue weighted by molar-refractivity contribution is 5.34. The molecule has 0 amide bonds. The first kappa shape index (κ1) is 6.84. The molecule has 2 aromatic rings. The number of hydrogen-bond acceptors (Lipinski definition) is 3. The maximum absolute atomic E-state index is 5.50. The molecule has 4 nitrogen and oxygen atoms in total. The van der Waals surface area contributed by atoms with E-state index in [1.165, 1.54) is 0 Å². The third-order valence-corrected chi connectivity index (χ3v) is 1.49. The van der Waals surface area contributed by atoms with Gasteiger partial charge in [-0.05, 0) is 12.1 Å². The average Bonchev–Trinajstić information content (AvgIpc) is 2.54. The van der Waals surface area contributed by atoms with Crippen molar-refractivity contribution in [2.24, 2.45) is 0 Å². The number of hydrogen-bond donors (Lipinski definition) is 1. The lowest BCUT2D eigenvalue weighted by atomic mass is 10.5. The van der Waals surface area contributed by atoms with Crippen molar-refractivity contribution in [2.45, 2.75) is 0 Å². The Morgan fingerprint density at radius 2 is 2.25 bits per heavy atom. The van der Waals surface area contributed by atoms with Gasteiger partial charge in [0.15, 0.2) is 5.82 Å². The van der Waals surface area contributed by atoms with Gasteiger partial charge in [-0.1, -0.05) is 6.07 Å². The molecule has 2 aromatic heterocycles. The monoisotopic (exact) mass is 160 g/mol. The SMILES string of the molecule is Nc1cnn(-c2ccccn2)c1. The zero-order valence-electron chi connectivity index (χ0n) is 6.38. The van der Waals surface area contributed by atoms with E-state index in [0.29, 0.717) is 5.69 Å². The van der Waals surface area contributed by atoms with E-state index < -0.39 is 0 Å². The first-order chi connectivity index (χ1) is 5.86. The fourth-order valence-corrected chi connectivity index (χ4v) is 0.951. The number of nitrogens with two attached hydrogens (primary N) is 1. The van der Waals surface area contributed by atoms with Gasteiger partial charge in [-0.25, -0.2) is 9.67 Å². The summed E-state index contributed by atoms with van der Waals surface area (Å²) in [7, 11) is 0. The smallest absolute Gasteiger partial charge is 0.153 e. The molecule has 0 aliphatic carbocycles. The van der Waals surface area contributed by atoms with Crippen molar-refractivity contribution in [3.63, 3.8) is 0 Å². The van der Waals surface area contributed by atoms with E-state index in [1.807, 2.05) is 18.2 Å². The Kier molecular flexibility index (Phi) is 1.51. The van der Waals surface area contributed by atoms with Crippen molar-refractivity contribution < 1.29 is 0 Å². The van der Waals surface area contributed by atoms with E-state index >= 15 is 0 Å². The molecule has 0 atom stereocenters. The van der Waals surface area contributed by atoms with Crippen LogP contribution in [0, 0.1) is 0 Å². The molecule has 0 aliphatic heterocycles. The van der Waals surface area contributed by atoms with Crippen LogP contribution in [-0.4, -0.2) is 14.8 Å². The lowest BCUT2D eigenvalue weighted by Gasteiger charge is -1.96. The molecule has 2 rings (SSSR count). The van der Waals surface area contributed by atoms with E-state index in [-0.39, 0.29) is 0 Å². The van der Waals surface area contributed by atoms with Gasteiger partial charge in [-0.15, -0.1) is 0 Å². The van der Waals surface area contributed by atoms with E-state index in [4.69, 9.17) is 5.73 Å². The summed E-state index contributed by atoms with van der Waals surface area (Å²) in [6.45, 7) is 0. The summed E-state index contributed by atoms with van der Waals surface area (Å²) in [6.07, 6.45) is 5.03. The van der Waals surface area contributed by atoms with Crippen molar-refractivity contribution in [2.75, 3.05) is 5.73 Å². The van der Waals surface area contributed by atoms with Crippen LogP contribution in [0.2, 0.25) is 0 Å². The molecule has 0 saturated heterocycles. The largest absolute Gasteiger partial charge is 0.396 e. The van der Waals surface area contributed by atoms with Gasteiger partial charge in [0, 0.05) is 6.20 Å². The molecule has 0 unspecified atom stereocenters. The molecule has 12 heavy (non-hydrogen) atoms. The van der Waals surface area contributed by atoms with Gasteiger partial charge in [-0.3, -0.25) is 0 Å². The highest BCUT2D eigenvalue weighted by atomic mass is 15.3. The number of anilines is 1. The number of rotatable bonds is 1. The lowest BCUT2D eigenvalue weighted by Crippen LogP contribution is -1.96. The van der Waals surface area contributed by atoms with Crippen molar-refractivity contribution >= 4 is 5.69 Å². The van der Waals surface area contributed by atoms with Gasteiger partial charge in [0.05, 0.1) is 18.1 Å². The van der Waals surface area contributed by atoms with Crippen LogP contribution in [0.3, 0.4) is 0 Å². The molecule has 60 valence electrons. The van der Waals surface area contributed by atoms with Crippen LogP contribution >= 0.6 is 0 Å². The molecule has 0 radical (unpaired) electrons. The summed E-state index contributed by atoms with van der Waals surface area (Å²) in [6, 6.07) is 5.63. The predicted octanol–water partition coefficient (Wildman–Crippen LogP) is 0.850. The Morgan fingerprint density at radius 3 is 2.83 bits per heavy atom. The molecule has 4 heteroatoms. The Morgan fingerprint density at radius 1 is 1.33 bits per heavy atom. The fraction of sp³-hybridized carbons (Fsp3) is 0. The Balaban J connectivity index is 2.45. The average molecular weight is 160 g/mol. The summed E-state index contributed by atoms with van der Waals surface area (Å²) in [4.78, 5) is 4.11. The zero-order chi connectivity index (χ0) is 8.39. The van der Waals surface area contributed by atoms with Crippen LogP contribution in [0.25, 0.3) is 5.82 Å². The minimum atomic E-state index is 0.639. The van der Waals surface area contributed by atoms with Gasteiger partial charge in [0.2, 0.25) is 0 Å². The van der Waals surface area contributed by atoms with Crippen LogP contribution in [-0.2, 0) is 0 Å². The Labute approximate surface area is 69.7 Å². The Hall–Kier alpha value is -1.84. The second-order valence-electron chi connectivity index (χ2n) is 2.41. The third kappa shape index (κ3) is 1.14. The first-order valence-electron chi connectivity index (χ1n) is 3.58. The Bertz CT molecular complexity index is 366. The normalized spacial score (nSPS) is 10.0. The lowest BCUT2D eigenvalue weighted by molar-refractivity contribution is 0.847. The summed E-state index contributed by atoms with van der Waals surface area (Å²) >= 11 is 0. The summed E-state index contributed by atoms with van der Waals surface area (Å²) in [5.41, 5.74) is 6.14. The van der Waals surface area contributed by atoms with Crippen LogP contribution in [0.15, 0.2) is 36.8 Å². The summed E-state index contributed by atoms with van der Waals surface area (Å²) in [5.74, 6) is 0.772. The second kappa shape index (κ2) is 2.65. The van der Waals surface area contributed by atoms with Crippen LogP contribution in [0.1, 0.15) is 0 Å². The van der Waals surface area contributed by atoms with Crippen LogP contribution in [0.4, 0.5) is 5.69 Å².